The van der Waals surface area contributed by atoms with Crippen molar-refractivity contribution < 1.29 is 4.74 Å². The van der Waals surface area contributed by atoms with Gasteiger partial charge in [0.25, 0.3) is 0 Å². The Morgan fingerprint density at radius 1 is 1.40 bits per heavy atom. The molecule has 0 aliphatic carbocycles. The fourth-order valence-corrected chi connectivity index (χ4v) is 0.489. The van der Waals surface area contributed by atoms with E-state index in [-0.39, 0.29) is 5.60 Å². The second kappa shape index (κ2) is 3.94. The minimum atomic E-state index is -0.0284. The van der Waals surface area contributed by atoms with E-state index in [1.807, 2.05) is 0 Å². The van der Waals surface area contributed by atoms with E-state index in [1.54, 1.807) is 0 Å². The van der Waals surface area contributed by atoms with Crippen molar-refractivity contribution in [3.05, 3.63) is 0 Å². The molecule has 62 valence electrons. The zero-order valence-electron chi connectivity index (χ0n) is 7.48. The van der Waals surface area contributed by atoms with E-state index in [0.29, 0.717) is 19.1 Å². The summed E-state index contributed by atoms with van der Waals surface area (Å²) in [5.41, 5.74) is 5.28. The van der Waals surface area contributed by atoms with Gasteiger partial charge >= 0.3 is 0 Å². The lowest BCUT2D eigenvalue weighted by Gasteiger charge is -2.29. The molecule has 0 bridgehead atoms. The van der Waals surface area contributed by atoms with Crippen LogP contribution >= 0.6 is 0 Å². The molecule has 0 fully saturated rings. The highest BCUT2D eigenvalue weighted by atomic mass is 16.5. The Bertz CT molecular complexity index is 89.3. The summed E-state index contributed by atoms with van der Waals surface area (Å²) >= 11 is 0. The Labute approximate surface area is 63.7 Å². The molecule has 0 aromatic carbocycles. The van der Waals surface area contributed by atoms with Crippen molar-refractivity contribution in [2.75, 3.05) is 13.2 Å². The quantitative estimate of drug-likeness (QED) is 0.649. The van der Waals surface area contributed by atoms with E-state index in [2.05, 4.69) is 27.7 Å². The summed E-state index contributed by atoms with van der Waals surface area (Å²) in [6.07, 6.45) is 0. The van der Waals surface area contributed by atoms with Crippen LogP contribution in [0.15, 0.2) is 0 Å². The summed E-state index contributed by atoms with van der Waals surface area (Å²) in [6.45, 7) is 9.75. The first kappa shape index (κ1) is 9.92. The second-order valence-electron chi connectivity index (χ2n) is 3.40. The third-order valence-corrected chi connectivity index (χ3v) is 1.98. The van der Waals surface area contributed by atoms with Gasteiger partial charge in [-0.3, -0.25) is 0 Å². The van der Waals surface area contributed by atoms with E-state index in [0.717, 1.165) is 0 Å². The lowest BCUT2D eigenvalue weighted by molar-refractivity contribution is -0.0463. The van der Waals surface area contributed by atoms with Crippen LogP contribution in [0.25, 0.3) is 0 Å². The first-order chi connectivity index (χ1) is 4.50. The highest BCUT2D eigenvalue weighted by molar-refractivity contribution is 4.72. The van der Waals surface area contributed by atoms with Crippen LogP contribution in [0, 0.1) is 5.92 Å². The molecule has 2 N–H and O–H groups in total. The third kappa shape index (κ3) is 3.18. The van der Waals surface area contributed by atoms with Crippen LogP contribution in [-0.2, 0) is 4.74 Å². The maximum Gasteiger partial charge on any atom is 0.0649 e. The zero-order valence-corrected chi connectivity index (χ0v) is 7.48. The fourth-order valence-electron chi connectivity index (χ4n) is 0.489. The topological polar surface area (TPSA) is 35.2 Å². The van der Waals surface area contributed by atoms with Crippen molar-refractivity contribution in [2.24, 2.45) is 11.7 Å². The molecule has 0 rings (SSSR count). The summed E-state index contributed by atoms with van der Waals surface area (Å²) in [5.74, 6) is 0.541. The molecule has 0 aliphatic rings. The Morgan fingerprint density at radius 3 is 2.20 bits per heavy atom. The van der Waals surface area contributed by atoms with E-state index in [4.69, 9.17) is 10.5 Å². The van der Waals surface area contributed by atoms with Crippen LogP contribution in [0.1, 0.15) is 27.7 Å². The normalized spacial score (nSPS) is 12.6. The third-order valence-electron chi connectivity index (χ3n) is 1.98. The molecule has 0 atom stereocenters. The molecule has 10 heavy (non-hydrogen) atoms. The molecule has 0 spiro atoms. The lowest BCUT2D eigenvalue weighted by Crippen LogP contribution is -2.32. The number of hydrogen-bond acceptors (Lipinski definition) is 2. The molecule has 0 aromatic heterocycles. The highest BCUT2D eigenvalue weighted by Gasteiger charge is 2.21. The summed E-state index contributed by atoms with van der Waals surface area (Å²) < 4.78 is 5.52. The Kier molecular flexibility index (Phi) is 3.91. The maximum absolute atomic E-state index is 5.52. The average Bonchev–Trinajstić information content (AvgIpc) is 1.84. The Hall–Kier alpha value is -0.0800. The molecule has 2 nitrogen and oxygen atoms in total. The van der Waals surface area contributed by atoms with Gasteiger partial charge in [0, 0.05) is 6.54 Å². The van der Waals surface area contributed by atoms with E-state index >= 15 is 0 Å². The second-order valence-corrected chi connectivity index (χ2v) is 3.40. The molecule has 0 amide bonds. The van der Waals surface area contributed by atoms with Gasteiger partial charge in [0.2, 0.25) is 0 Å². The monoisotopic (exact) mass is 145 g/mol. The van der Waals surface area contributed by atoms with Crippen LogP contribution in [0.4, 0.5) is 0 Å². The van der Waals surface area contributed by atoms with Crippen LogP contribution in [-0.4, -0.2) is 18.8 Å². The summed E-state index contributed by atoms with van der Waals surface area (Å²) in [6, 6.07) is 0. The number of rotatable bonds is 4. The maximum atomic E-state index is 5.52. The van der Waals surface area contributed by atoms with Crippen molar-refractivity contribution >= 4 is 0 Å². The molecule has 0 heterocycles. The molecular formula is C8H19NO. The van der Waals surface area contributed by atoms with Gasteiger partial charge in [0.1, 0.15) is 0 Å². The van der Waals surface area contributed by atoms with Gasteiger partial charge in [0.05, 0.1) is 12.2 Å². The molecule has 0 aliphatic heterocycles. The van der Waals surface area contributed by atoms with E-state index in [1.165, 1.54) is 0 Å². The fraction of sp³-hybridized carbons (Fsp3) is 1.00. The smallest absolute Gasteiger partial charge is 0.0649 e. The Morgan fingerprint density at radius 2 is 1.90 bits per heavy atom. The first-order valence-electron chi connectivity index (χ1n) is 3.84. The highest BCUT2D eigenvalue weighted by Crippen LogP contribution is 2.19. The van der Waals surface area contributed by atoms with Gasteiger partial charge in [-0.15, -0.1) is 0 Å². The number of ether oxygens (including phenoxy) is 1. The molecule has 2 heteroatoms. The Balaban J connectivity index is 3.63. The minimum Gasteiger partial charge on any atom is -0.374 e. The van der Waals surface area contributed by atoms with Crippen LogP contribution in [0.3, 0.4) is 0 Å². The van der Waals surface area contributed by atoms with Crippen LogP contribution in [0.5, 0.6) is 0 Å². The molecular weight excluding hydrogens is 126 g/mol. The molecule has 0 aromatic rings. The van der Waals surface area contributed by atoms with E-state index < -0.39 is 0 Å². The predicted octanol–water partition coefficient (Wildman–Crippen LogP) is 1.40. The summed E-state index contributed by atoms with van der Waals surface area (Å²) in [4.78, 5) is 0. The first-order valence-corrected chi connectivity index (χ1v) is 3.84. The van der Waals surface area contributed by atoms with Gasteiger partial charge < -0.3 is 10.5 Å². The molecule has 0 unspecified atom stereocenters. The summed E-state index contributed by atoms with van der Waals surface area (Å²) in [7, 11) is 0. The molecule has 0 radical (unpaired) electrons. The van der Waals surface area contributed by atoms with Crippen molar-refractivity contribution in [2.45, 2.75) is 33.3 Å². The lowest BCUT2D eigenvalue weighted by atomic mass is 9.95. The van der Waals surface area contributed by atoms with Gasteiger partial charge in [0.15, 0.2) is 0 Å². The van der Waals surface area contributed by atoms with Crippen LogP contribution < -0.4 is 5.73 Å². The van der Waals surface area contributed by atoms with Crippen molar-refractivity contribution in [3.8, 4) is 0 Å². The van der Waals surface area contributed by atoms with Crippen molar-refractivity contribution in [3.63, 3.8) is 0 Å². The SMILES string of the molecule is CC(C)C(C)(C)OCCN. The average molecular weight is 145 g/mol. The van der Waals surface area contributed by atoms with E-state index in [9.17, 15) is 0 Å². The number of hydrogen-bond donors (Lipinski definition) is 1. The van der Waals surface area contributed by atoms with Crippen molar-refractivity contribution in [1.29, 1.82) is 0 Å². The predicted molar refractivity (Wildman–Crippen MR) is 43.9 cm³/mol. The van der Waals surface area contributed by atoms with Gasteiger partial charge in [-0.05, 0) is 19.8 Å². The zero-order chi connectivity index (χ0) is 8.20. The largest absolute Gasteiger partial charge is 0.374 e. The molecule has 0 saturated carbocycles. The van der Waals surface area contributed by atoms with Gasteiger partial charge in [-0.2, -0.15) is 0 Å². The summed E-state index contributed by atoms with van der Waals surface area (Å²) in [5, 5.41) is 0. The minimum absolute atomic E-state index is 0.0284. The molecule has 0 saturated heterocycles. The van der Waals surface area contributed by atoms with Crippen LogP contribution in [0.2, 0.25) is 0 Å². The van der Waals surface area contributed by atoms with Crippen molar-refractivity contribution in [1.82, 2.24) is 0 Å². The van der Waals surface area contributed by atoms with Gasteiger partial charge in [-0.25, -0.2) is 0 Å². The standard InChI is InChI=1S/C8H19NO/c1-7(2)8(3,4)10-6-5-9/h7H,5-6,9H2,1-4H3. The number of nitrogens with two attached hydrogens (primary N) is 1. The van der Waals surface area contributed by atoms with Gasteiger partial charge in [-0.1, -0.05) is 13.8 Å².